The van der Waals surface area contributed by atoms with Crippen LogP contribution in [0.1, 0.15) is 22.8 Å². The molecule has 0 saturated carbocycles. The van der Waals surface area contributed by atoms with Gasteiger partial charge in [-0.1, -0.05) is 18.7 Å². The first-order valence-electron chi connectivity index (χ1n) is 6.06. The van der Waals surface area contributed by atoms with E-state index in [9.17, 15) is 4.79 Å². The Kier molecular flexibility index (Phi) is 5.10. The van der Waals surface area contributed by atoms with Crippen LogP contribution in [0.2, 0.25) is 0 Å². The van der Waals surface area contributed by atoms with E-state index in [1.54, 1.807) is 6.07 Å². The number of carbonyl (C=O) groups is 1. The van der Waals surface area contributed by atoms with Crippen molar-refractivity contribution in [3.8, 4) is 5.75 Å². The molecule has 0 amide bonds. The molecule has 0 aliphatic rings. The van der Waals surface area contributed by atoms with E-state index < -0.39 is 0 Å². The van der Waals surface area contributed by atoms with Crippen molar-refractivity contribution in [2.75, 3.05) is 27.2 Å². The highest BCUT2D eigenvalue weighted by Gasteiger charge is 2.12. The van der Waals surface area contributed by atoms with Crippen molar-refractivity contribution in [2.45, 2.75) is 13.8 Å². The summed E-state index contributed by atoms with van der Waals surface area (Å²) in [4.78, 5) is 14.1. The van der Waals surface area contributed by atoms with Crippen LogP contribution in [0.15, 0.2) is 30.4 Å². The van der Waals surface area contributed by atoms with Gasteiger partial charge in [-0.2, -0.15) is 0 Å². The summed E-state index contributed by atoms with van der Waals surface area (Å²) in [6, 6.07) is 5.52. The Bertz CT molecular complexity index is 450. The average Bonchev–Trinajstić information content (AvgIpc) is 2.30. The van der Waals surface area contributed by atoms with Crippen molar-refractivity contribution in [3.63, 3.8) is 0 Å². The van der Waals surface area contributed by atoms with Gasteiger partial charge in [0.05, 0.1) is 6.61 Å². The van der Waals surface area contributed by atoms with Crippen LogP contribution in [-0.2, 0) is 0 Å². The van der Waals surface area contributed by atoms with E-state index in [-0.39, 0.29) is 5.78 Å². The first-order valence-corrected chi connectivity index (χ1v) is 6.06. The van der Waals surface area contributed by atoms with E-state index in [2.05, 4.69) is 6.58 Å². The molecule has 0 bridgehead atoms. The molecule has 98 valence electrons. The summed E-state index contributed by atoms with van der Waals surface area (Å²) in [5.74, 6) is 0.741. The molecule has 0 aliphatic heterocycles. The van der Waals surface area contributed by atoms with Crippen LogP contribution < -0.4 is 4.74 Å². The molecule has 0 heterocycles. The third-order valence-corrected chi connectivity index (χ3v) is 2.58. The van der Waals surface area contributed by atoms with Gasteiger partial charge in [0.1, 0.15) is 5.75 Å². The van der Waals surface area contributed by atoms with Gasteiger partial charge in [0.2, 0.25) is 0 Å². The fourth-order valence-electron chi connectivity index (χ4n) is 1.71. The number of hydrogen-bond acceptors (Lipinski definition) is 3. The van der Waals surface area contributed by atoms with Gasteiger partial charge in [0.15, 0.2) is 5.78 Å². The molecule has 0 saturated heterocycles. The molecule has 0 spiro atoms. The molecule has 0 N–H and O–H groups in total. The first kappa shape index (κ1) is 14.5. The number of hydrogen-bond donors (Lipinski definition) is 0. The lowest BCUT2D eigenvalue weighted by Gasteiger charge is -2.13. The van der Waals surface area contributed by atoms with Crippen molar-refractivity contribution >= 4 is 5.78 Å². The molecule has 1 rings (SSSR count). The average molecular weight is 247 g/mol. The minimum atomic E-state index is -0.0235. The van der Waals surface area contributed by atoms with Gasteiger partial charge in [-0.15, -0.1) is 0 Å². The fourth-order valence-corrected chi connectivity index (χ4v) is 1.71. The zero-order chi connectivity index (χ0) is 13.7. The molecule has 0 fully saturated rings. The normalized spacial score (nSPS) is 10.5. The second kappa shape index (κ2) is 6.36. The van der Waals surface area contributed by atoms with E-state index in [4.69, 9.17) is 4.74 Å². The standard InChI is InChI=1S/C15H21NO2/c1-6-18-14-9-13(8-7-11(14)2)15(17)12(3)10-16(4)5/h7-9H,3,6,10H2,1-2,4-5H3. The minimum Gasteiger partial charge on any atom is -0.494 e. The van der Waals surface area contributed by atoms with Crippen molar-refractivity contribution in [3.05, 3.63) is 41.5 Å². The predicted octanol–water partition coefficient (Wildman–Crippen LogP) is 2.69. The summed E-state index contributed by atoms with van der Waals surface area (Å²) in [6.45, 7) is 8.89. The summed E-state index contributed by atoms with van der Waals surface area (Å²) in [6.07, 6.45) is 0. The summed E-state index contributed by atoms with van der Waals surface area (Å²) in [5, 5.41) is 0. The van der Waals surface area contributed by atoms with Crippen LogP contribution in [0.4, 0.5) is 0 Å². The Labute approximate surface area is 109 Å². The van der Waals surface area contributed by atoms with Crippen LogP contribution in [-0.4, -0.2) is 37.9 Å². The number of aryl methyl sites for hydroxylation is 1. The van der Waals surface area contributed by atoms with Gasteiger partial charge in [-0.25, -0.2) is 0 Å². The van der Waals surface area contributed by atoms with Crippen molar-refractivity contribution < 1.29 is 9.53 Å². The Morgan fingerprint density at radius 2 is 2.06 bits per heavy atom. The van der Waals surface area contributed by atoms with Crippen molar-refractivity contribution in [1.29, 1.82) is 0 Å². The van der Waals surface area contributed by atoms with Gasteiger partial charge >= 0.3 is 0 Å². The van der Waals surface area contributed by atoms with E-state index in [0.717, 1.165) is 11.3 Å². The molecule has 0 unspecified atom stereocenters. The van der Waals surface area contributed by atoms with Gasteiger partial charge in [0.25, 0.3) is 0 Å². The highest BCUT2D eigenvalue weighted by Crippen LogP contribution is 2.21. The SMILES string of the molecule is C=C(CN(C)C)C(=O)c1ccc(C)c(OCC)c1. The maximum Gasteiger partial charge on any atom is 0.189 e. The van der Waals surface area contributed by atoms with Crippen molar-refractivity contribution in [2.24, 2.45) is 0 Å². The van der Waals surface area contributed by atoms with Crippen molar-refractivity contribution in [1.82, 2.24) is 4.90 Å². The molecule has 18 heavy (non-hydrogen) atoms. The van der Waals surface area contributed by atoms with Gasteiger partial charge < -0.3 is 9.64 Å². The van der Waals surface area contributed by atoms with Crippen LogP contribution in [0, 0.1) is 6.92 Å². The number of ketones is 1. The topological polar surface area (TPSA) is 29.5 Å². The smallest absolute Gasteiger partial charge is 0.189 e. The molecular formula is C15H21NO2. The lowest BCUT2D eigenvalue weighted by Crippen LogP contribution is -2.19. The largest absolute Gasteiger partial charge is 0.494 e. The van der Waals surface area contributed by atoms with Gasteiger partial charge in [-0.05, 0) is 39.6 Å². The Morgan fingerprint density at radius 3 is 2.61 bits per heavy atom. The zero-order valence-electron chi connectivity index (χ0n) is 11.6. The molecular weight excluding hydrogens is 226 g/mol. The monoisotopic (exact) mass is 247 g/mol. The molecule has 3 nitrogen and oxygen atoms in total. The zero-order valence-corrected chi connectivity index (χ0v) is 11.6. The number of carbonyl (C=O) groups excluding carboxylic acids is 1. The molecule has 3 heteroatoms. The van der Waals surface area contributed by atoms with E-state index in [0.29, 0.717) is 24.3 Å². The Hall–Kier alpha value is -1.61. The van der Waals surface area contributed by atoms with Gasteiger partial charge in [0, 0.05) is 17.7 Å². The molecule has 0 aromatic heterocycles. The van der Waals surface area contributed by atoms with Crippen LogP contribution >= 0.6 is 0 Å². The van der Waals surface area contributed by atoms with E-state index in [1.807, 2.05) is 45.0 Å². The maximum absolute atomic E-state index is 12.2. The predicted molar refractivity (Wildman–Crippen MR) is 74.4 cm³/mol. The molecule has 0 aliphatic carbocycles. The van der Waals surface area contributed by atoms with Gasteiger partial charge in [-0.3, -0.25) is 4.79 Å². The van der Waals surface area contributed by atoms with E-state index in [1.165, 1.54) is 0 Å². The summed E-state index contributed by atoms with van der Waals surface area (Å²) >= 11 is 0. The number of Topliss-reactive ketones (excluding diaryl/α,β-unsaturated/α-hetero) is 1. The lowest BCUT2D eigenvalue weighted by atomic mass is 10.0. The third-order valence-electron chi connectivity index (χ3n) is 2.58. The Morgan fingerprint density at radius 1 is 1.39 bits per heavy atom. The summed E-state index contributed by atoms with van der Waals surface area (Å²) < 4.78 is 5.50. The third kappa shape index (κ3) is 3.70. The van der Waals surface area contributed by atoms with Crippen LogP contribution in [0.3, 0.4) is 0 Å². The number of nitrogens with zero attached hydrogens (tertiary/aromatic N) is 1. The number of rotatable bonds is 6. The molecule has 0 radical (unpaired) electrons. The second-order valence-corrected chi connectivity index (χ2v) is 4.58. The highest BCUT2D eigenvalue weighted by molar-refractivity contribution is 6.08. The lowest BCUT2D eigenvalue weighted by molar-refractivity contribution is 0.102. The second-order valence-electron chi connectivity index (χ2n) is 4.58. The first-order chi connectivity index (χ1) is 8.45. The summed E-state index contributed by atoms with van der Waals surface area (Å²) in [5.41, 5.74) is 2.26. The Balaban J connectivity index is 2.92. The minimum absolute atomic E-state index is 0.0235. The number of likely N-dealkylation sites (N-methyl/N-ethyl adjacent to an activating group) is 1. The molecule has 1 aromatic rings. The van der Waals surface area contributed by atoms with Crippen LogP contribution in [0.25, 0.3) is 0 Å². The summed E-state index contributed by atoms with van der Waals surface area (Å²) in [7, 11) is 3.83. The molecule has 1 aromatic carbocycles. The number of benzene rings is 1. The quantitative estimate of drug-likeness (QED) is 0.572. The number of ether oxygens (including phenoxy) is 1. The maximum atomic E-state index is 12.2. The van der Waals surface area contributed by atoms with Crippen LogP contribution in [0.5, 0.6) is 5.75 Å². The fraction of sp³-hybridized carbons (Fsp3) is 0.400. The van der Waals surface area contributed by atoms with E-state index >= 15 is 0 Å². The molecule has 0 atom stereocenters. The highest BCUT2D eigenvalue weighted by atomic mass is 16.5.